The molecule has 0 saturated carbocycles. The molecule has 5 heteroatoms. The van der Waals surface area contributed by atoms with Crippen molar-refractivity contribution < 1.29 is 10.9 Å². The number of hydrogen-bond acceptors (Lipinski definition) is 4. The van der Waals surface area contributed by atoms with Crippen molar-refractivity contribution in [3.05, 3.63) is 42.8 Å². The first-order valence-corrected chi connectivity index (χ1v) is 6.23. The number of benzene rings is 1. The molecule has 1 aromatic heterocycles. The Balaban J connectivity index is 2.07. The first kappa shape index (κ1) is 12.6. The van der Waals surface area contributed by atoms with Crippen LogP contribution in [0, 0.1) is 0 Å². The highest BCUT2D eigenvalue weighted by Crippen LogP contribution is 2.19. The van der Waals surface area contributed by atoms with E-state index in [0.29, 0.717) is 11.4 Å². The molecular weight excluding hydrogens is 254 g/mol. The molecule has 0 saturated heterocycles. The lowest BCUT2D eigenvalue weighted by molar-refractivity contribution is 0.0636. The number of aromatic nitrogens is 2. The summed E-state index contributed by atoms with van der Waals surface area (Å²) in [6.07, 6.45) is 1.02. The third-order valence-corrected chi connectivity index (χ3v) is 2.36. The van der Waals surface area contributed by atoms with Crippen molar-refractivity contribution in [1.82, 2.24) is 9.97 Å². The van der Waals surface area contributed by atoms with E-state index in [0.717, 1.165) is 5.56 Å². The third kappa shape index (κ3) is 4.05. The van der Waals surface area contributed by atoms with Crippen LogP contribution in [-0.4, -0.2) is 21.7 Å². The average molecular weight is 272 g/mol. The van der Waals surface area contributed by atoms with Crippen LogP contribution in [0.5, 0.6) is 0 Å². The van der Waals surface area contributed by atoms with E-state index in [1.807, 2.05) is 32.9 Å². The molecule has 0 atom stereocenters. The number of carbonyl (C=O) groups excluding carboxylic acids is 1. The number of ether oxygens (including phenoxy) is 1. The number of nitrogens with one attached hydrogen (secondary N) is 1. The van der Waals surface area contributed by atoms with E-state index in [9.17, 15) is 4.79 Å². The fraction of sp³-hybridized carbons (Fsp3) is 0.267. The van der Waals surface area contributed by atoms with E-state index < -0.39 is 11.7 Å². The van der Waals surface area contributed by atoms with Crippen molar-refractivity contribution in [1.29, 1.82) is 0 Å². The molecule has 0 aliphatic carbocycles. The van der Waals surface area contributed by atoms with Crippen molar-refractivity contribution in [3.8, 4) is 11.3 Å². The predicted octanol–water partition coefficient (Wildman–Crippen LogP) is 3.49. The highest BCUT2D eigenvalue weighted by atomic mass is 16.6. The fourth-order valence-electron chi connectivity index (χ4n) is 1.57. The van der Waals surface area contributed by atoms with E-state index in [1.54, 1.807) is 18.2 Å². The molecule has 0 spiro atoms. The number of rotatable bonds is 2. The molecule has 1 N–H and O–H groups in total. The summed E-state index contributed by atoms with van der Waals surface area (Å²) in [5.41, 5.74) is 1.61. The molecule has 0 aliphatic heterocycles. The van der Waals surface area contributed by atoms with Gasteiger partial charge >= 0.3 is 6.09 Å². The second kappa shape index (κ2) is 5.69. The lowest BCUT2D eigenvalue weighted by atomic mass is 10.1. The quantitative estimate of drug-likeness (QED) is 0.908. The number of carbonyl (C=O) groups is 1. The van der Waals surface area contributed by atoms with Gasteiger partial charge in [-0.3, -0.25) is 5.32 Å². The minimum atomic E-state index is -0.532. The van der Waals surface area contributed by atoms with Crippen LogP contribution in [0.4, 0.5) is 10.5 Å². The Labute approximate surface area is 119 Å². The molecule has 0 bridgehead atoms. The van der Waals surface area contributed by atoms with Crippen molar-refractivity contribution in [2.24, 2.45) is 0 Å². The van der Waals surface area contributed by atoms with Gasteiger partial charge in [-0.1, -0.05) is 12.1 Å². The largest absolute Gasteiger partial charge is 0.444 e. The molecule has 0 aliphatic rings. The summed E-state index contributed by atoms with van der Waals surface area (Å²) in [7, 11) is 0. The zero-order valence-corrected chi connectivity index (χ0v) is 11.7. The van der Waals surface area contributed by atoms with Gasteiger partial charge in [-0.25, -0.2) is 14.8 Å². The molecule has 1 aromatic carbocycles. The summed E-state index contributed by atoms with van der Waals surface area (Å²) in [6, 6.07) is 8.87. The van der Waals surface area contributed by atoms with Gasteiger partial charge < -0.3 is 4.74 Å². The molecule has 2 rings (SSSR count). The minimum absolute atomic E-state index is 0.0246. The summed E-state index contributed by atoms with van der Waals surface area (Å²) >= 11 is 0. The first-order valence-electron chi connectivity index (χ1n) is 6.73. The molecule has 1 heterocycles. The van der Waals surface area contributed by atoms with Crippen molar-refractivity contribution in [2.75, 3.05) is 5.32 Å². The van der Waals surface area contributed by atoms with Crippen molar-refractivity contribution in [3.63, 3.8) is 0 Å². The van der Waals surface area contributed by atoms with Crippen LogP contribution in [0.1, 0.15) is 22.1 Å². The summed E-state index contributed by atoms with van der Waals surface area (Å²) in [4.78, 5) is 19.4. The van der Waals surface area contributed by atoms with Crippen LogP contribution in [0.15, 0.2) is 42.8 Å². The second-order valence-electron chi connectivity index (χ2n) is 5.25. The van der Waals surface area contributed by atoms with Gasteiger partial charge in [0.2, 0.25) is 0 Å². The lowest BCUT2D eigenvalue weighted by Crippen LogP contribution is -2.27. The summed E-state index contributed by atoms with van der Waals surface area (Å²) in [5.74, 6) is 0. The average Bonchev–Trinajstić information content (AvgIpc) is 2.37. The Morgan fingerprint density at radius 1 is 1.25 bits per heavy atom. The third-order valence-electron chi connectivity index (χ3n) is 2.36. The van der Waals surface area contributed by atoms with Crippen LogP contribution in [0.25, 0.3) is 11.3 Å². The highest BCUT2D eigenvalue weighted by Gasteiger charge is 2.16. The zero-order chi connectivity index (χ0) is 15.5. The van der Waals surface area contributed by atoms with Gasteiger partial charge in [0, 0.05) is 17.4 Å². The van der Waals surface area contributed by atoms with E-state index in [1.165, 1.54) is 6.20 Å². The summed E-state index contributed by atoms with van der Waals surface area (Å²) in [6.45, 7) is 5.43. The normalized spacial score (nSPS) is 11.7. The molecule has 2 aromatic rings. The molecule has 0 radical (unpaired) electrons. The monoisotopic (exact) mass is 272 g/mol. The van der Waals surface area contributed by atoms with Crippen LogP contribution in [-0.2, 0) is 4.74 Å². The van der Waals surface area contributed by atoms with Crippen molar-refractivity contribution >= 4 is 11.8 Å². The zero-order valence-electron chi connectivity index (χ0n) is 12.7. The van der Waals surface area contributed by atoms with Crippen LogP contribution < -0.4 is 5.32 Å². The SMILES string of the molecule is [2H]c1nccc(-c2ccc(NC(=O)OC(C)(C)C)cc2)n1. The Kier molecular flexibility index (Phi) is 3.58. The smallest absolute Gasteiger partial charge is 0.412 e. The van der Waals surface area contributed by atoms with E-state index >= 15 is 0 Å². The number of nitrogens with zero attached hydrogens (tertiary/aromatic N) is 2. The summed E-state index contributed by atoms with van der Waals surface area (Å²) in [5, 5.41) is 2.66. The number of hydrogen-bond donors (Lipinski definition) is 1. The first-order chi connectivity index (χ1) is 9.83. The van der Waals surface area contributed by atoms with Gasteiger partial charge in [0.05, 0.1) is 5.69 Å². The fourth-order valence-corrected chi connectivity index (χ4v) is 1.57. The standard InChI is InChI=1S/C15H17N3O2/c1-15(2,3)20-14(19)18-12-6-4-11(5-7-12)13-8-9-16-10-17-13/h4-10H,1-3H3,(H,18,19)/i10D. The molecule has 1 amide bonds. The van der Waals surface area contributed by atoms with Gasteiger partial charge in [0.25, 0.3) is 0 Å². The molecule has 20 heavy (non-hydrogen) atoms. The van der Waals surface area contributed by atoms with Crippen molar-refractivity contribution in [2.45, 2.75) is 26.4 Å². The second-order valence-corrected chi connectivity index (χ2v) is 5.25. The van der Waals surface area contributed by atoms with E-state index in [2.05, 4.69) is 15.3 Å². The van der Waals surface area contributed by atoms with Crippen LogP contribution >= 0.6 is 0 Å². The molecule has 5 nitrogen and oxygen atoms in total. The van der Waals surface area contributed by atoms with Gasteiger partial charge in [0.15, 0.2) is 0 Å². The van der Waals surface area contributed by atoms with Gasteiger partial charge in [-0.05, 0) is 39.0 Å². The molecular formula is C15H17N3O2. The highest BCUT2D eigenvalue weighted by molar-refractivity contribution is 5.85. The number of amides is 1. The topological polar surface area (TPSA) is 64.1 Å². The summed E-state index contributed by atoms with van der Waals surface area (Å²) < 4.78 is 12.6. The predicted molar refractivity (Wildman–Crippen MR) is 77.3 cm³/mol. The van der Waals surface area contributed by atoms with Gasteiger partial charge in [-0.2, -0.15) is 0 Å². The van der Waals surface area contributed by atoms with Gasteiger partial charge in [-0.15, -0.1) is 0 Å². The Morgan fingerprint density at radius 2 is 1.95 bits per heavy atom. The Bertz CT molecular complexity index is 636. The van der Waals surface area contributed by atoms with E-state index in [4.69, 9.17) is 6.11 Å². The Morgan fingerprint density at radius 3 is 2.55 bits per heavy atom. The molecule has 104 valence electrons. The maximum atomic E-state index is 11.6. The molecule has 0 unspecified atom stereocenters. The minimum Gasteiger partial charge on any atom is -0.444 e. The number of anilines is 1. The maximum absolute atomic E-state index is 11.6. The van der Waals surface area contributed by atoms with Crippen LogP contribution in [0.3, 0.4) is 0 Å². The lowest BCUT2D eigenvalue weighted by Gasteiger charge is -2.19. The molecule has 0 fully saturated rings. The Hall–Kier alpha value is -2.43. The maximum Gasteiger partial charge on any atom is 0.412 e. The van der Waals surface area contributed by atoms with Crippen LogP contribution in [0.2, 0.25) is 0 Å². The van der Waals surface area contributed by atoms with Gasteiger partial charge in [0.1, 0.15) is 13.3 Å². The van der Waals surface area contributed by atoms with E-state index in [-0.39, 0.29) is 6.30 Å².